The Morgan fingerprint density at radius 2 is 1.74 bits per heavy atom. The zero-order valence-corrected chi connectivity index (χ0v) is 17.5. The molecule has 2 aromatic carbocycles. The third kappa shape index (κ3) is 3.97. The summed E-state index contributed by atoms with van der Waals surface area (Å²) in [4.78, 5) is 27.2. The van der Waals surface area contributed by atoms with Gasteiger partial charge in [0.15, 0.2) is 11.5 Å². The largest absolute Gasteiger partial charge is 0.439 e. The molecule has 1 N–H and O–H groups in total. The second-order valence-corrected chi connectivity index (χ2v) is 8.13. The summed E-state index contributed by atoms with van der Waals surface area (Å²) in [7, 11) is 0. The van der Waals surface area contributed by atoms with Crippen LogP contribution < -0.4 is 15.6 Å². The number of ether oxygens (including phenoxy) is 1. The van der Waals surface area contributed by atoms with Gasteiger partial charge in [-0.25, -0.2) is 0 Å². The fraction of sp³-hybridized carbons (Fsp3) is 0.167. The van der Waals surface area contributed by atoms with Crippen LogP contribution >= 0.6 is 11.3 Å². The van der Waals surface area contributed by atoms with Crippen LogP contribution in [0.2, 0.25) is 0 Å². The zero-order chi connectivity index (χ0) is 21.2. The molecule has 0 bridgehead atoms. The highest BCUT2D eigenvalue weighted by Crippen LogP contribution is 2.34. The Morgan fingerprint density at radius 1 is 1.00 bits per heavy atom. The molecule has 0 spiro atoms. The maximum Gasteiger partial charge on any atom is 0.255 e. The van der Waals surface area contributed by atoms with Crippen LogP contribution in [0.1, 0.15) is 10.4 Å². The molecule has 31 heavy (non-hydrogen) atoms. The molecule has 1 aliphatic heterocycles. The number of carbonyl (C=O) groups excluding carboxylic acids is 1. The Hall–Kier alpha value is -3.42. The highest BCUT2D eigenvalue weighted by atomic mass is 32.1. The summed E-state index contributed by atoms with van der Waals surface area (Å²) >= 11 is 1.37. The number of rotatable bonds is 4. The normalized spacial score (nSPS) is 14.0. The predicted octanol–water partition coefficient (Wildman–Crippen LogP) is 4.61. The molecular weight excluding hydrogens is 412 g/mol. The Kier molecular flexibility index (Phi) is 5.28. The van der Waals surface area contributed by atoms with Crippen molar-refractivity contribution in [2.45, 2.75) is 0 Å². The van der Waals surface area contributed by atoms with Gasteiger partial charge in [-0.1, -0.05) is 30.3 Å². The van der Waals surface area contributed by atoms with E-state index in [1.165, 1.54) is 11.3 Å². The van der Waals surface area contributed by atoms with Crippen LogP contribution in [0.4, 0.5) is 11.6 Å². The molecule has 156 valence electrons. The van der Waals surface area contributed by atoms with Crippen molar-refractivity contribution >= 4 is 39.1 Å². The number of fused-ring (bicyclic) bond motifs is 1. The van der Waals surface area contributed by atoms with Gasteiger partial charge in [0.2, 0.25) is 5.43 Å². The number of para-hydroxylation sites is 1. The molecule has 5 rings (SSSR count). The van der Waals surface area contributed by atoms with Gasteiger partial charge in [-0.05, 0) is 29.8 Å². The number of hydrogen-bond acceptors (Lipinski definition) is 6. The first-order valence-corrected chi connectivity index (χ1v) is 10.9. The van der Waals surface area contributed by atoms with E-state index in [0.29, 0.717) is 48.0 Å². The molecule has 7 heteroatoms. The Labute approximate surface area is 182 Å². The smallest absolute Gasteiger partial charge is 0.255 e. The number of thiophene rings is 1. The van der Waals surface area contributed by atoms with E-state index in [1.54, 1.807) is 18.2 Å². The van der Waals surface area contributed by atoms with E-state index in [1.807, 2.05) is 52.7 Å². The molecule has 6 nitrogen and oxygen atoms in total. The number of benzene rings is 2. The Bertz CT molecular complexity index is 1270. The summed E-state index contributed by atoms with van der Waals surface area (Å²) in [6, 6.07) is 18.2. The van der Waals surface area contributed by atoms with Crippen LogP contribution in [0.5, 0.6) is 0 Å². The first-order chi connectivity index (χ1) is 15.2. The highest BCUT2D eigenvalue weighted by Gasteiger charge is 2.19. The molecule has 0 atom stereocenters. The van der Waals surface area contributed by atoms with Crippen molar-refractivity contribution in [3.8, 4) is 11.1 Å². The molecule has 0 radical (unpaired) electrons. The molecule has 0 saturated carbocycles. The van der Waals surface area contributed by atoms with Gasteiger partial charge >= 0.3 is 0 Å². The third-order valence-corrected chi connectivity index (χ3v) is 6.22. The van der Waals surface area contributed by atoms with Crippen molar-refractivity contribution in [2.75, 3.05) is 36.5 Å². The molecule has 0 aliphatic carbocycles. The summed E-state index contributed by atoms with van der Waals surface area (Å²) < 4.78 is 12.2. The van der Waals surface area contributed by atoms with Gasteiger partial charge in [0.25, 0.3) is 5.91 Å². The minimum Gasteiger partial charge on any atom is -0.439 e. The average Bonchev–Trinajstić information content (AvgIpc) is 3.25. The molecule has 1 aliphatic rings. The van der Waals surface area contributed by atoms with Gasteiger partial charge in [-0.2, -0.15) is 0 Å². The van der Waals surface area contributed by atoms with Crippen molar-refractivity contribution in [3.05, 3.63) is 81.8 Å². The molecule has 1 saturated heterocycles. The van der Waals surface area contributed by atoms with Crippen molar-refractivity contribution < 1.29 is 13.9 Å². The van der Waals surface area contributed by atoms with E-state index in [0.717, 1.165) is 16.8 Å². The number of anilines is 2. The van der Waals surface area contributed by atoms with Gasteiger partial charge < -0.3 is 19.4 Å². The maximum atomic E-state index is 12.6. The van der Waals surface area contributed by atoms with Gasteiger partial charge in [0.05, 0.1) is 13.2 Å². The van der Waals surface area contributed by atoms with Crippen LogP contribution in [0, 0.1) is 0 Å². The van der Waals surface area contributed by atoms with E-state index >= 15 is 0 Å². The van der Waals surface area contributed by atoms with Gasteiger partial charge in [0, 0.05) is 41.4 Å². The second-order valence-electron chi connectivity index (χ2n) is 7.25. The van der Waals surface area contributed by atoms with Gasteiger partial charge in [0.1, 0.15) is 4.70 Å². The maximum absolute atomic E-state index is 12.6. The van der Waals surface area contributed by atoms with Crippen molar-refractivity contribution in [3.63, 3.8) is 0 Å². The summed E-state index contributed by atoms with van der Waals surface area (Å²) in [6.07, 6.45) is 0. The zero-order valence-electron chi connectivity index (χ0n) is 16.7. The van der Waals surface area contributed by atoms with Crippen LogP contribution in [0.25, 0.3) is 21.4 Å². The molecule has 1 amide bonds. The Morgan fingerprint density at radius 3 is 2.48 bits per heavy atom. The summed E-state index contributed by atoms with van der Waals surface area (Å²) in [6.45, 7) is 2.62. The van der Waals surface area contributed by atoms with Crippen molar-refractivity contribution in [1.29, 1.82) is 0 Å². The van der Waals surface area contributed by atoms with Crippen molar-refractivity contribution in [2.24, 2.45) is 0 Å². The lowest BCUT2D eigenvalue weighted by atomic mass is 10.1. The highest BCUT2D eigenvalue weighted by molar-refractivity contribution is 7.17. The van der Waals surface area contributed by atoms with Crippen molar-refractivity contribution in [1.82, 2.24) is 0 Å². The standard InChI is InChI=1S/C24H20N2O4S/c27-20-14-21(26-10-12-29-13-11-26)30-22-19(15-31-23(20)22)16-6-8-17(9-7-16)24(28)25-18-4-2-1-3-5-18/h1-9,14-15H,10-13H2,(H,25,28). The first kappa shape index (κ1) is 19.5. The van der Waals surface area contributed by atoms with Crippen LogP contribution in [-0.4, -0.2) is 32.2 Å². The summed E-state index contributed by atoms with van der Waals surface area (Å²) in [5, 5.41) is 4.81. The minimum atomic E-state index is -0.172. The van der Waals surface area contributed by atoms with E-state index in [9.17, 15) is 9.59 Å². The monoisotopic (exact) mass is 432 g/mol. The van der Waals surface area contributed by atoms with Crippen LogP contribution in [-0.2, 0) is 4.74 Å². The molecule has 3 heterocycles. The quantitative estimate of drug-likeness (QED) is 0.510. The van der Waals surface area contributed by atoms with E-state index < -0.39 is 0 Å². The van der Waals surface area contributed by atoms with Gasteiger partial charge in [-0.3, -0.25) is 9.59 Å². The summed E-state index contributed by atoms with van der Waals surface area (Å²) in [5.74, 6) is 0.397. The van der Waals surface area contributed by atoms with E-state index in [2.05, 4.69) is 5.32 Å². The number of carbonyl (C=O) groups is 1. The van der Waals surface area contributed by atoms with Gasteiger partial charge in [-0.15, -0.1) is 11.3 Å². The fourth-order valence-electron chi connectivity index (χ4n) is 3.59. The Balaban J connectivity index is 1.44. The minimum absolute atomic E-state index is 0.0437. The van der Waals surface area contributed by atoms with E-state index in [-0.39, 0.29) is 11.3 Å². The lowest BCUT2D eigenvalue weighted by molar-refractivity contribution is 0.102. The summed E-state index contributed by atoms with van der Waals surface area (Å²) in [5.41, 5.74) is 3.59. The lowest BCUT2D eigenvalue weighted by Gasteiger charge is -2.27. The number of nitrogens with zero attached hydrogens (tertiary/aromatic N) is 1. The lowest BCUT2D eigenvalue weighted by Crippen LogP contribution is -2.36. The number of nitrogens with one attached hydrogen (secondary N) is 1. The predicted molar refractivity (Wildman–Crippen MR) is 123 cm³/mol. The number of hydrogen-bond donors (Lipinski definition) is 1. The average molecular weight is 433 g/mol. The SMILES string of the molecule is O=C(Nc1ccccc1)c1ccc(-c2csc3c(=O)cc(N4CCOCC4)oc23)cc1. The number of amides is 1. The third-order valence-electron chi connectivity index (χ3n) is 5.24. The molecule has 2 aromatic heterocycles. The molecule has 4 aromatic rings. The molecular formula is C24H20N2O4S. The first-order valence-electron chi connectivity index (χ1n) is 10.0. The molecule has 0 unspecified atom stereocenters. The number of morpholine rings is 1. The van der Waals surface area contributed by atoms with Crippen LogP contribution in [0.3, 0.4) is 0 Å². The van der Waals surface area contributed by atoms with E-state index in [4.69, 9.17) is 9.15 Å². The molecule has 1 fully saturated rings. The fourth-order valence-corrected chi connectivity index (χ4v) is 4.51. The second kappa shape index (κ2) is 8.37. The van der Waals surface area contributed by atoms with Crippen LogP contribution in [0.15, 0.2) is 75.3 Å². The topological polar surface area (TPSA) is 71.8 Å².